The van der Waals surface area contributed by atoms with Crippen LogP contribution in [0.3, 0.4) is 0 Å². The molecule has 0 bridgehead atoms. The predicted molar refractivity (Wildman–Crippen MR) is 72.3 cm³/mol. The molecule has 0 radical (unpaired) electrons. The van der Waals surface area contributed by atoms with E-state index >= 15 is 0 Å². The molecule has 0 saturated carbocycles. The van der Waals surface area contributed by atoms with E-state index in [2.05, 4.69) is 39.4 Å². The van der Waals surface area contributed by atoms with Crippen LogP contribution in [0, 0.1) is 0 Å². The molecule has 0 aliphatic heterocycles. The van der Waals surface area contributed by atoms with E-state index < -0.39 is 0 Å². The summed E-state index contributed by atoms with van der Waals surface area (Å²) in [5.74, 6) is 0. The van der Waals surface area contributed by atoms with Gasteiger partial charge in [0.05, 0.1) is 7.11 Å². The van der Waals surface area contributed by atoms with Gasteiger partial charge in [-0.1, -0.05) is 22.0 Å². The van der Waals surface area contributed by atoms with Gasteiger partial charge in [0.1, 0.15) is 0 Å². The largest absolute Gasteiger partial charge is 0.487 e. The van der Waals surface area contributed by atoms with Crippen molar-refractivity contribution >= 4 is 33.0 Å². The number of benzene rings is 1. The highest BCUT2D eigenvalue weighted by atomic mass is 79.9. The van der Waals surface area contributed by atoms with Crippen LogP contribution in [0.15, 0.2) is 40.9 Å². The third-order valence-corrected chi connectivity index (χ3v) is 3.67. The number of ether oxygens (including phenoxy) is 1. The van der Waals surface area contributed by atoms with E-state index in [9.17, 15) is 0 Å². The van der Waals surface area contributed by atoms with Crippen LogP contribution >= 0.6 is 27.3 Å². The van der Waals surface area contributed by atoms with Crippen molar-refractivity contribution in [2.45, 2.75) is 6.54 Å². The predicted octanol–water partition coefficient (Wildman–Crippen LogP) is 4.13. The molecular weight excluding hydrogens is 286 g/mol. The second-order valence-corrected chi connectivity index (χ2v) is 5.34. The van der Waals surface area contributed by atoms with Crippen molar-refractivity contribution in [2.24, 2.45) is 0 Å². The van der Waals surface area contributed by atoms with Crippen LogP contribution in [0.4, 0.5) is 5.69 Å². The Kier molecular flexibility index (Phi) is 3.85. The quantitative estimate of drug-likeness (QED) is 0.916. The number of hydrogen-bond donors (Lipinski definition) is 1. The van der Waals surface area contributed by atoms with Crippen molar-refractivity contribution in [3.05, 3.63) is 45.7 Å². The Morgan fingerprint density at radius 2 is 2.19 bits per heavy atom. The van der Waals surface area contributed by atoms with Crippen LogP contribution in [-0.2, 0) is 6.54 Å². The molecule has 0 aliphatic carbocycles. The number of thiophene rings is 1. The zero-order valence-electron chi connectivity index (χ0n) is 8.87. The average Bonchev–Trinajstić information content (AvgIpc) is 2.74. The zero-order valence-corrected chi connectivity index (χ0v) is 11.3. The molecule has 0 fully saturated rings. The van der Waals surface area contributed by atoms with E-state index in [0.29, 0.717) is 0 Å². The van der Waals surface area contributed by atoms with Gasteiger partial charge in [0.2, 0.25) is 0 Å². The standard InChI is InChI=1S/C12H12BrNOS/c1-15-12-6-5-11(16-12)8-14-10-4-2-3-9(13)7-10/h2-7,14H,8H2,1H3. The molecule has 0 amide bonds. The smallest absolute Gasteiger partial charge is 0.173 e. The van der Waals surface area contributed by atoms with Crippen molar-refractivity contribution in [1.29, 1.82) is 0 Å². The number of hydrogen-bond acceptors (Lipinski definition) is 3. The summed E-state index contributed by atoms with van der Waals surface area (Å²) in [6.07, 6.45) is 0. The summed E-state index contributed by atoms with van der Waals surface area (Å²) in [6.45, 7) is 0.824. The SMILES string of the molecule is COc1ccc(CNc2cccc(Br)c2)s1. The van der Waals surface area contributed by atoms with E-state index in [1.165, 1.54) is 4.88 Å². The summed E-state index contributed by atoms with van der Waals surface area (Å²) >= 11 is 5.11. The van der Waals surface area contributed by atoms with Crippen molar-refractivity contribution < 1.29 is 4.74 Å². The van der Waals surface area contributed by atoms with Crippen LogP contribution in [0.2, 0.25) is 0 Å². The van der Waals surface area contributed by atoms with Crippen molar-refractivity contribution in [1.82, 2.24) is 0 Å². The fraction of sp³-hybridized carbons (Fsp3) is 0.167. The van der Waals surface area contributed by atoms with Gasteiger partial charge in [-0.05, 0) is 30.3 Å². The Morgan fingerprint density at radius 1 is 1.31 bits per heavy atom. The highest BCUT2D eigenvalue weighted by Crippen LogP contribution is 2.25. The van der Waals surface area contributed by atoms with Gasteiger partial charge in [-0.25, -0.2) is 0 Å². The maximum Gasteiger partial charge on any atom is 0.173 e. The lowest BCUT2D eigenvalue weighted by atomic mass is 10.3. The molecule has 2 nitrogen and oxygen atoms in total. The number of nitrogens with one attached hydrogen (secondary N) is 1. The van der Waals surface area contributed by atoms with Crippen molar-refractivity contribution in [3.63, 3.8) is 0 Å². The summed E-state index contributed by atoms with van der Waals surface area (Å²) in [7, 11) is 1.69. The summed E-state index contributed by atoms with van der Waals surface area (Å²) in [5, 5.41) is 4.31. The fourth-order valence-corrected chi connectivity index (χ4v) is 2.51. The lowest BCUT2D eigenvalue weighted by molar-refractivity contribution is 0.427. The Labute approximate surface area is 107 Å². The Morgan fingerprint density at radius 3 is 2.88 bits per heavy atom. The molecule has 0 unspecified atom stereocenters. The lowest BCUT2D eigenvalue weighted by Crippen LogP contribution is -1.96. The first-order valence-corrected chi connectivity index (χ1v) is 6.51. The van der Waals surface area contributed by atoms with Crippen molar-refractivity contribution in [2.75, 3.05) is 12.4 Å². The van der Waals surface area contributed by atoms with Gasteiger partial charge in [-0.2, -0.15) is 0 Å². The molecule has 1 aromatic heterocycles. The molecule has 0 spiro atoms. The second-order valence-electron chi connectivity index (χ2n) is 3.29. The van der Waals surface area contributed by atoms with E-state index in [-0.39, 0.29) is 0 Å². The number of halogens is 1. The second kappa shape index (κ2) is 5.37. The first-order chi connectivity index (χ1) is 7.78. The topological polar surface area (TPSA) is 21.3 Å². The van der Waals surface area contributed by atoms with E-state index in [4.69, 9.17) is 4.74 Å². The minimum atomic E-state index is 0.824. The molecule has 2 rings (SSSR count). The van der Waals surface area contributed by atoms with Crippen LogP contribution in [0.25, 0.3) is 0 Å². The summed E-state index contributed by atoms with van der Waals surface area (Å²) < 4.78 is 6.23. The first kappa shape index (κ1) is 11.5. The number of anilines is 1. The molecular formula is C12H12BrNOS. The molecule has 0 atom stereocenters. The normalized spacial score (nSPS) is 10.1. The van der Waals surface area contributed by atoms with Crippen LogP contribution in [0.5, 0.6) is 5.06 Å². The Balaban J connectivity index is 1.96. The van der Waals surface area contributed by atoms with Gasteiger partial charge < -0.3 is 10.1 Å². The summed E-state index contributed by atoms with van der Waals surface area (Å²) in [4.78, 5) is 1.26. The van der Waals surface area contributed by atoms with Gasteiger partial charge in [-0.3, -0.25) is 0 Å². The molecule has 1 heterocycles. The molecule has 0 saturated heterocycles. The third kappa shape index (κ3) is 3.00. The molecule has 0 aliphatic rings. The van der Waals surface area contributed by atoms with Crippen molar-refractivity contribution in [3.8, 4) is 5.06 Å². The highest BCUT2D eigenvalue weighted by Gasteiger charge is 1.99. The minimum absolute atomic E-state index is 0.824. The fourth-order valence-electron chi connectivity index (χ4n) is 1.35. The van der Waals surface area contributed by atoms with Gasteiger partial charge in [0.25, 0.3) is 0 Å². The third-order valence-electron chi connectivity index (χ3n) is 2.13. The minimum Gasteiger partial charge on any atom is -0.487 e. The van der Waals surface area contributed by atoms with Crippen LogP contribution in [0.1, 0.15) is 4.88 Å². The molecule has 4 heteroatoms. The molecule has 84 valence electrons. The highest BCUT2D eigenvalue weighted by molar-refractivity contribution is 9.10. The number of methoxy groups -OCH3 is 1. The Bertz CT molecular complexity index is 470. The maximum absolute atomic E-state index is 5.15. The Hall–Kier alpha value is -1.000. The van der Waals surface area contributed by atoms with E-state index in [1.54, 1.807) is 18.4 Å². The van der Waals surface area contributed by atoms with Crippen LogP contribution in [-0.4, -0.2) is 7.11 Å². The summed E-state index contributed by atoms with van der Waals surface area (Å²) in [6, 6.07) is 12.2. The zero-order chi connectivity index (χ0) is 11.4. The number of rotatable bonds is 4. The molecule has 2 aromatic rings. The summed E-state index contributed by atoms with van der Waals surface area (Å²) in [5.41, 5.74) is 1.11. The molecule has 1 N–H and O–H groups in total. The van der Waals surface area contributed by atoms with Crippen LogP contribution < -0.4 is 10.1 Å². The van der Waals surface area contributed by atoms with E-state index in [0.717, 1.165) is 21.8 Å². The van der Waals surface area contributed by atoms with Gasteiger partial charge in [0, 0.05) is 21.6 Å². The first-order valence-electron chi connectivity index (χ1n) is 4.90. The lowest BCUT2D eigenvalue weighted by Gasteiger charge is -2.04. The van der Waals surface area contributed by atoms with E-state index in [1.807, 2.05) is 18.2 Å². The van der Waals surface area contributed by atoms with Gasteiger partial charge in [0.15, 0.2) is 5.06 Å². The monoisotopic (exact) mass is 297 g/mol. The van der Waals surface area contributed by atoms with Gasteiger partial charge >= 0.3 is 0 Å². The average molecular weight is 298 g/mol. The molecule has 1 aromatic carbocycles. The maximum atomic E-state index is 5.15. The van der Waals surface area contributed by atoms with Gasteiger partial charge in [-0.15, -0.1) is 11.3 Å². The molecule has 16 heavy (non-hydrogen) atoms.